The number of aliphatic hydroxyl groups excluding tert-OH is 1. The van der Waals surface area contributed by atoms with E-state index in [4.69, 9.17) is 9.47 Å². The summed E-state index contributed by atoms with van der Waals surface area (Å²) in [6.45, 7) is 4.14. The number of aliphatic hydroxyl groups is 1. The van der Waals surface area contributed by atoms with Crippen LogP contribution < -0.4 is 9.64 Å². The van der Waals surface area contributed by atoms with E-state index in [0.717, 1.165) is 55.7 Å². The van der Waals surface area contributed by atoms with Crippen molar-refractivity contribution < 1.29 is 23.8 Å². The highest BCUT2D eigenvalue weighted by Crippen LogP contribution is 2.49. The summed E-state index contributed by atoms with van der Waals surface area (Å²) >= 11 is 0. The molecule has 0 radical (unpaired) electrons. The first-order valence-corrected chi connectivity index (χ1v) is 13.9. The fourth-order valence-corrected chi connectivity index (χ4v) is 5.94. The Kier molecular flexibility index (Phi) is 8.74. The number of hydrogen-bond donors (Lipinski definition) is 1. The molecule has 206 valence electrons. The molecule has 2 aliphatic heterocycles. The fourth-order valence-electron chi connectivity index (χ4n) is 5.94. The first-order valence-electron chi connectivity index (χ1n) is 13.9. The molecule has 2 atom stereocenters. The van der Waals surface area contributed by atoms with Crippen LogP contribution in [0.5, 0.6) is 5.75 Å². The molecule has 5 rings (SSSR count). The lowest BCUT2D eigenvalue weighted by molar-refractivity contribution is -0.132. The van der Waals surface area contributed by atoms with Gasteiger partial charge >= 0.3 is 0 Å². The number of aromatic nitrogens is 2. The quantitative estimate of drug-likeness (QED) is 0.506. The Labute approximate surface area is 224 Å². The molecular formula is C29H39FN4O4. The van der Waals surface area contributed by atoms with E-state index in [1.54, 1.807) is 24.1 Å². The van der Waals surface area contributed by atoms with Crippen molar-refractivity contribution in [3.8, 4) is 5.75 Å². The summed E-state index contributed by atoms with van der Waals surface area (Å²) in [7, 11) is 1.67. The standard InChI is InChI=1S/C29H39FN4O4/c1-37-19-20-17-31-29(32-18-20)34-9-4-21(5-10-34)26-14-22(26)8-13-38-25-3-2-23(27(30)16-25)15-28(36)33-11-6-24(35)7-12-33/h2-3,16-18,21-22,24,26,35H,4-15,19H2,1H3/t22-,26-/m1/s1. The zero-order chi connectivity index (χ0) is 26.5. The molecule has 3 fully saturated rings. The number of likely N-dealkylation sites (tertiary alicyclic amines) is 1. The molecule has 2 aromatic rings. The van der Waals surface area contributed by atoms with Gasteiger partial charge in [0.1, 0.15) is 11.6 Å². The Hall–Kier alpha value is -2.78. The molecule has 1 saturated carbocycles. The summed E-state index contributed by atoms with van der Waals surface area (Å²) in [6.07, 6.45) is 9.11. The van der Waals surface area contributed by atoms with E-state index < -0.39 is 5.82 Å². The van der Waals surface area contributed by atoms with Crippen molar-refractivity contribution in [2.24, 2.45) is 17.8 Å². The largest absolute Gasteiger partial charge is 0.493 e. The predicted octanol–water partition coefficient (Wildman–Crippen LogP) is 3.61. The van der Waals surface area contributed by atoms with Crippen molar-refractivity contribution >= 4 is 11.9 Å². The number of amides is 1. The van der Waals surface area contributed by atoms with Gasteiger partial charge in [0.2, 0.25) is 11.9 Å². The molecule has 1 aliphatic carbocycles. The molecule has 2 saturated heterocycles. The van der Waals surface area contributed by atoms with Gasteiger partial charge < -0.3 is 24.4 Å². The van der Waals surface area contributed by atoms with Gasteiger partial charge in [0.25, 0.3) is 0 Å². The maximum absolute atomic E-state index is 14.6. The van der Waals surface area contributed by atoms with E-state index in [9.17, 15) is 14.3 Å². The monoisotopic (exact) mass is 526 g/mol. The van der Waals surface area contributed by atoms with Crippen LogP contribution in [0.25, 0.3) is 0 Å². The number of carbonyl (C=O) groups is 1. The molecule has 0 spiro atoms. The minimum Gasteiger partial charge on any atom is -0.493 e. The zero-order valence-corrected chi connectivity index (χ0v) is 22.2. The van der Waals surface area contributed by atoms with Crippen molar-refractivity contribution in [3.05, 3.63) is 47.5 Å². The van der Waals surface area contributed by atoms with Crippen LogP contribution >= 0.6 is 0 Å². The number of halogens is 1. The second-order valence-electron chi connectivity index (χ2n) is 11.0. The lowest BCUT2D eigenvalue weighted by Crippen LogP contribution is -2.40. The predicted molar refractivity (Wildman–Crippen MR) is 141 cm³/mol. The third kappa shape index (κ3) is 6.80. The van der Waals surface area contributed by atoms with Crippen LogP contribution in [0.3, 0.4) is 0 Å². The summed E-state index contributed by atoms with van der Waals surface area (Å²) in [6, 6.07) is 4.81. The summed E-state index contributed by atoms with van der Waals surface area (Å²) in [5, 5.41) is 9.61. The highest BCUT2D eigenvalue weighted by molar-refractivity contribution is 5.79. The molecule has 1 amide bonds. The highest BCUT2D eigenvalue weighted by Gasteiger charge is 2.43. The minimum atomic E-state index is -0.402. The van der Waals surface area contributed by atoms with E-state index >= 15 is 0 Å². The third-order valence-electron chi connectivity index (χ3n) is 8.35. The Morgan fingerprint density at radius 3 is 2.53 bits per heavy atom. The van der Waals surface area contributed by atoms with E-state index in [0.29, 0.717) is 56.4 Å². The lowest BCUT2D eigenvalue weighted by Gasteiger charge is -2.32. The Balaban J connectivity index is 1.01. The Morgan fingerprint density at radius 2 is 1.84 bits per heavy atom. The molecule has 1 N–H and O–H groups in total. The number of hydrogen-bond acceptors (Lipinski definition) is 7. The first-order chi connectivity index (χ1) is 18.5. The maximum atomic E-state index is 14.6. The number of nitrogens with zero attached hydrogens (tertiary/aromatic N) is 4. The van der Waals surface area contributed by atoms with E-state index in [1.165, 1.54) is 12.5 Å². The fraction of sp³-hybridized carbons (Fsp3) is 0.621. The van der Waals surface area contributed by atoms with Crippen molar-refractivity contribution in [1.82, 2.24) is 14.9 Å². The van der Waals surface area contributed by atoms with Gasteiger partial charge in [0.15, 0.2) is 0 Å². The Morgan fingerprint density at radius 1 is 1.11 bits per heavy atom. The molecule has 1 aromatic carbocycles. The van der Waals surface area contributed by atoms with Crippen molar-refractivity contribution in [3.63, 3.8) is 0 Å². The molecule has 3 aliphatic rings. The van der Waals surface area contributed by atoms with Gasteiger partial charge in [0, 0.05) is 57.3 Å². The van der Waals surface area contributed by atoms with Crippen LogP contribution in [0.4, 0.5) is 10.3 Å². The van der Waals surface area contributed by atoms with Crippen LogP contribution in [0.15, 0.2) is 30.6 Å². The van der Waals surface area contributed by atoms with Gasteiger partial charge in [-0.05, 0) is 67.9 Å². The van der Waals surface area contributed by atoms with Crippen LogP contribution in [-0.4, -0.2) is 71.9 Å². The lowest BCUT2D eigenvalue weighted by atomic mass is 9.90. The highest BCUT2D eigenvalue weighted by atomic mass is 19.1. The first kappa shape index (κ1) is 26.8. The van der Waals surface area contributed by atoms with Crippen LogP contribution in [0.2, 0.25) is 0 Å². The SMILES string of the molecule is COCc1cnc(N2CCC([C@H]3C[C@H]3CCOc3ccc(CC(=O)N4CCC(O)CC4)c(F)c3)CC2)nc1. The zero-order valence-electron chi connectivity index (χ0n) is 22.2. The number of carbonyl (C=O) groups excluding carboxylic acids is 1. The maximum Gasteiger partial charge on any atom is 0.227 e. The molecule has 0 unspecified atom stereocenters. The summed E-state index contributed by atoms with van der Waals surface area (Å²) < 4.78 is 25.6. The number of anilines is 1. The Bertz CT molecular complexity index is 1070. The van der Waals surface area contributed by atoms with Crippen LogP contribution in [0, 0.1) is 23.6 Å². The minimum absolute atomic E-state index is 0.0377. The number of benzene rings is 1. The number of ether oxygens (including phenoxy) is 2. The van der Waals surface area contributed by atoms with Gasteiger partial charge in [-0.1, -0.05) is 6.07 Å². The van der Waals surface area contributed by atoms with Gasteiger partial charge in [-0.25, -0.2) is 14.4 Å². The van der Waals surface area contributed by atoms with Gasteiger partial charge in [-0.2, -0.15) is 0 Å². The van der Waals surface area contributed by atoms with Crippen molar-refractivity contribution in [1.29, 1.82) is 0 Å². The molecule has 38 heavy (non-hydrogen) atoms. The van der Waals surface area contributed by atoms with Crippen molar-refractivity contribution in [2.75, 3.05) is 44.8 Å². The number of rotatable bonds is 10. The van der Waals surface area contributed by atoms with Gasteiger partial charge in [0.05, 0.1) is 25.7 Å². The smallest absolute Gasteiger partial charge is 0.227 e. The molecule has 0 bridgehead atoms. The summed E-state index contributed by atoms with van der Waals surface area (Å²) in [4.78, 5) is 25.5. The third-order valence-corrected chi connectivity index (χ3v) is 8.35. The second kappa shape index (κ2) is 12.4. The van der Waals surface area contributed by atoms with Crippen LogP contribution in [-0.2, 0) is 22.6 Å². The molecular weight excluding hydrogens is 487 g/mol. The van der Waals surface area contributed by atoms with Gasteiger partial charge in [-0.15, -0.1) is 0 Å². The van der Waals surface area contributed by atoms with E-state index in [2.05, 4.69) is 14.9 Å². The topological polar surface area (TPSA) is 88.0 Å². The summed E-state index contributed by atoms with van der Waals surface area (Å²) in [5.74, 6) is 3.00. The normalized spacial score (nSPS) is 22.5. The van der Waals surface area contributed by atoms with E-state index in [-0.39, 0.29) is 18.4 Å². The average Bonchev–Trinajstić information content (AvgIpc) is 3.71. The average molecular weight is 527 g/mol. The van der Waals surface area contributed by atoms with Crippen LogP contribution in [0.1, 0.15) is 49.7 Å². The molecule has 1 aromatic heterocycles. The van der Waals surface area contributed by atoms with Gasteiger partial charge in [-0.3, -0.25) is 4.79 Å². The number of piperidine rings is 2. The molecule has 8 nitrogen and oxygen atoms in total. The second-order valence-corrected chi connectivity index (χ2v) is 11.0. The van der Waals surface area contributed by atoms with Crippen molar-refractivity contribution in [2.45, 2.75) is 57.7 Å². The number of methoxy groups -OCH3 is 1. The molecule has 9 heteroatoms. The summed E-state index contributed by atoms with van der Waals surface area (Å²) in [5.41, 5.74) is 1.37. The molecule has 3 heterocycles. The van der Waals surface area contributed by atoms with E-state index in [1.807, 2.05) is 12.4 Å².